The van der Waals surface area contributed by atoms with Crippen LogP contribution in [0.25, 0.3) is 0 Å². The molecule has 2 aromatic rings. The largest absolute Gasteiger partial charge is 0.309 e. The van der Waals surface area contributed by atoms with Gasteiger partial charge in [0.25, 0.3) is 0 Å². The molecule has 0 saturated carbocycles. The van der Waals surface area contributed by atoms with Gasteiger partial charge in [-0.15, -0.1) is 0 Å². The molecule has 2 rings (SSSR count). The van der Waals surface area contributed by atoms with Crippen LogP contribution >= 0.6 is 15.9 Å². The van der Waals surface area contributed by atoms with Crippen molar-refractivity contribution in [2.45, 2.75) is 13.0 Å². The molecule has 0 radical (unpaired) electrons. The molecule has 1 nitrogen and oxygen atoms in total. The normalized spacial score (nSPS) is 12.4. The summed E-state index contributed by atoms with van der Waals surface area (Å²) in [6.07, 6.45) is 0. The second-order valence-electron chi connectivity index (χ2n) is 4.27. The van der Waals surface area contributed by atoms with Gasteiger partial charge < -0.3 is 5.32 Å². The Morgan fingerprint density at radius 1 is 1.17 bits per heavy atom. The van der Waals surface area contributed by atoms with Gasteiger partial charge in [0, 0.05) is 10.0 Å². The van der Waals surface area contributed by atoms with Crippen LogP contribution in [0.15, 0.2) is 46.9 Å². The van der Waals surface area contributed by atoms with Crippen molar-refractivity contribution in [3.8, 4) is 0 Å². The monoisotopic (exact) mass is 307 g/mol. The van der Waals surface area contributed by atoms with Gasteiger partial charge in [-0.25, -0.2) is 4.39 Å². The highest BCUT2D eigenvalue weighted by Crippen LogP contribution is 2.30. The fourth-order valence-electron chi connectivity index (χ4n) is 2.11. The van der Waals surface area contributed by atoms with E-state index in [9.17, 15) is 4.39 Å². The Hall–Kier alpha value is -1.19. The summed E-state index contributed by atoms with van der Waals surface area (Å²) in [5, 5.41) is 3.17. The van der Waals surface area contributed by atoms with Crippen molar-refractivity contribution in [2.75, 3.05) is 7.05 Å². The summed E-state index contributed by atoms with van der Waals surface area (Å²) in [5.41, 5.74) is 2.87. The molecule has 0 heterocycles. The van der Waals surface area contributed by atoms with Crippen LogP contribution in [0.3, 0.4) is 0 Å². The molecule has 0 aliphatic rings. The number of nitrogens with one attached hydrogen (secondary N) is 1. The van der Waals surface area contributed by atoms with Gasteiger partial charge in [0.2, 0.25) is 0 Å². The molecule has 0 saturated heterocycles. The van der Waals surface area contributed by atoms with Crippen LogP contribution in [0.5, 0.6) is 0 Å². The third-order valence-electron chi connectivity index (χ3n) is 2.95. The molecule has 1 unspecified atom stereocenters. The predicted molar refractivity (Wildman–Crippen MR) is 76.2 cm³/mol. The highest BCUT2D eigenvalue weighted by Gasteiger charge is 2.18. The van der Waals surface area contributed by atoms with Crippen LogP contribution in [0.4, 0.5) is 4.39 Å². The van der Waals surface area contributed by atoms with Crippen LogP contribution in [0.1, 0.15) is 22.7 Å². The summed E-state index contributed by atoms with van der Waals surface area (Å²) in [6.45, 7) is 2.03. The average Bonchev–Trinajstić information content (AvgIpc) is 2.34. The van der Waals surface area contributed by atoms with Gasteiger partial charge in [0.1, 0.15) is 5.82 Å². The third-order valence-corrected chi connectivity index (χ3v) is 3.64. The zero-order valence-corrected chi connectivity index (χ0v) is 12.0. The molecule has 0 amide bonds. The summed E-state index contributed by atoms with van der Waals surface area (Å²) < 4.78 is 14.8. The molecule has 0 aromatic heterocycles. The van der Waals surface area contributed by atoms with E-state index in [1.54, 1.807) is 6.07 Å². The number of hydrogen-bond donors (Lipinski definition) is 1. The third kappa shape index (κ3) is 2.62. The minimum absolute atomic E-state index is 0.152. The first-order valence-corrected chi connectivity index (χ1v) is 6.60. The van der Waals surface area contributed by atoms with Gasteiger partial charge in [-0.2, -0.15) is 0 Å². The first-order chi connectivity index (χ1) is 8.63. The quantitative estimate of drug-likeness (QED) is 0.896. The van der Waals surface area contributed by atoms with Crippen molar-refractivity contribution in [2.24, 2.45) is 0 Å². The molecule has 0 spiro atoms. The SMILES string of the molecule is CNC(c1cccc(C)c1)c1c(F)cccc1Br. The Balaban J connectivity index is 2.52. The lowest BCUT2D eigenvalue weighted by Crippen LogP contribution is -2.19. The maximum Gasteiger partial charge on any atom is 0.129 e. The second-order valence-corrected chi connectivity index (χ2v) is 5.13. The Morgan fingerprint density at radius 3 is 2.50 bits per heavy atom. The summed E-state index contributed by atoms with van der Waals surface area (Å²) in [7, 11) is 1.84. The van der Waals surface area contributed by atoms with Crippen molar-refractivity contribution in [1.82, 2.24) is 5.32 Å². The van der Waals surface area contributed by atoms with E-state index in [4.69, 9.17) is 0 Å². The molecule has 1 atom stereocenters. The molecule has 94 valence electrons. The molecule has 0 fully saturated rings. The zero-order valence-electron chi connectivity index (χ0n) is 10.4. The van der Waals surface area contributed by atoms with Gasteiger partial charge in [0.15, 0.2) is 0 Å². The Morgan fingerprint density at radius 2 is 1.89 bits per heavy atom. The van der Waals surface area contributed by atoms with Crippen LogP contribution in [0.2, 0.25) is 0 Å². The van der Waals surface area contributed by atoms with Crippen molar-refractivity contribution in [3.63, 3.8) is 0 Å². The molecule has 2 aromatic carbocycles. The number of benzene rings is 2. The van der Waals surface area contributed by atoms with E-state index in [1.807, 2.05) is 38.2 Å². The van der Waals surface area contributed by atoms with Crippen LogP contribution in [0, 0.1) is 12.7 Å². The fraction of sp³-hybridized carbons (Fsp3) is 0.200. The van der Waals surface area contributed by atoms with E-state index >= 15 is 0 Å². The van der Waals surface area contributed by atoms with E-state index in [0.29, 0.717) is 5.56 Å². The smallest absolute Gasteiger partial charge is 0.129 e. The lowest BCUT2D eigenvalue weighted by atomic mass is 9.97. The lowest BCUT2D eigenvalue weighted by molar-refractivity contribution is 0.574. The predicted octanol–water partition coefficient (Wildman–Crippen LogP) is 4.21. The Labute approximate surface area is 115 Å². The maximum absolute atomic E-state index is 14.0. The molecule has 1 N–H and O–H groups in total. The number of halogens is 2. The summed E-state index contributed by atoms with van der Waals surface area (Å²) in [4.78, 5) is 0. The molecular formula is C15H15BrFN. The molecule has 0 aliphatic heterocycles. The minimum Gasteiger partial charge on any atom is -0.309 e. The lowest BCUT2D eigenvalue weighted by Gasteiger charge is -2.19. The second kappa shape index (κ2) is 5.63. The standard InChI is InChI=1S/C15H15BrFN/c1-10-5-3-6-11(9-10)15(18-2)14-12(16)7-4-8-13(14)17/h3-9,15,18H,1-2H3. The Bertz CT molecular complexity index is 534. The zero-order chi connectivity index (χ0) is 13.1. The van der Waals surface area contributed by atoms with E-state index in [-0.39, 0.29) is 11.9 Å². The van der Waals surface area contributed by atoms with Crippen molar-refractivity contribution >= 4 is 15.9 Å². The topological polar surface area (TPSA) is 12.0 Å². The summed E-state index contributed by atoms with van der Waals surface area (Å²) in [5.74, 6) is -0.203. The van der Waals surface area contributed by atoms with Crippen molar-refractivity contribution in [1.29, 1.82) is 0 Å². The Kier molecular flexibility index (Phi) is 4.15. The number of aryl methyl sites for hydroxylation is 1. The molecule has 0 aliphatic carbocycles. The van der Waals surface area contributed by atoms with E-state index in [2.05, 4.69) is 27.3 Å². The molecule has 0 bridgehead atoms. The van der Waals surface area contributed by atoms with Gasteiger partial charge in [-0.3, -0.25) is 0 Å². The average molecular weight is 308 g/mol. The highest BCUT2D eigenvalue weighted by molar-refractivity contribution is 9.10. The van der Waals surface area contributed by atoms with Gasteiger partial charge in [0.05, 0.1) is 6.04 Å². The van der Waals surface area contributed by atoms with Crippen LogP contribution < -0.4 is 5.32 Å². The molecule has 18 heavy (non-hydrogen) atoms. The van der Waals surface area contributed by atoms with Crippen LogP contribution in [-0.2, 0) is 0 Å². The van der Waals surface area contributed by atoms with E-state index < -0.39 is 0 Å². The minimum atomic E-state index is -0.203. The number of rotatable bonds is 3. The van der Waals surface area contributed by atoms with Crippen LogP contribution in [-0.4, -0.2) is 7.05 Å². The molecular weight excluding hydrogens is 293 g/mol. The van der Waals surface area contributed by atoms with Crippen molar-refractivity contribution < 1.29 is 4.39 Å². The number of hydrogen-bond acceptors (Lipinski definition) is 1. The van der Waals surface area contributed by atoms with Gasteiger partial charge in [-0.1, -0.05) is 51.8 Å². The van der Waals surface area contributed by atoms with Gasteiger partial charge >= 0.3 is 0 Å². The first kappa shape index (κ1) is 13.2. The maximum atomic E-state index is 14.0. The first-order valence-electron chi connectivity index (χ1n) is 5.81. The van der Waals surface area contributed by atoms with E-state index in [1.165, 1.54) is 11.6 Å². The fourth-order valence-corrected chi connectivity index (χ4v) is 2.68. The van der Waals surface area contributed by atoms with E-state index in [0.717, 1.165) is 10.0 Å². The molecule has 3 heteroatoms. The van der Waals surface area contributed by atoms with Crippen molar-refractivity contribution in [3.05, 3.63) is 69.4 Å². The summed E-state index contributed by atoms with van der Waals surface area (Å²) in [6, 6.07) is 13.0. The summed E-state index contributed by atoms with van der Waals surface area (Å²) >= 11 is 3.42. The van der Waals surface area contributed by atoms with Gasteiger partial charge in [-0.05, 0) is 31.7 Å². The highest BCUT2D eigenvalue weighted by atomic mass is 79.9.